The maximum Gasteiger partial charge on any atom is 0.0462 e. The van der Waals surface area contributed by atoms with E-state index in [0.717, 1.165) is 17.1 Å². The molecule has 1 aromatic heterocycles. The maximum atomic E-state index is 2.39. The fourth-order valence-corrected chi connectivity index (χ4v) is 8.42. The summed E-state index contributed by atoms with van der Waals surface area (Å²) >= 11 is 1.91. The lowest BCUT2D eigenvalue weighted by Gasteiger charge is -2.25. The second kappa shape index (κ2) is 12.0. The summed E-state index contributed by atoms with van der Waals surface area (Å²) in [4.78, 5) is 3.62. The number of hydrogen-bond donors (Lipinski definition) is 0. The van der Waals surface area contributed by atoms with Crippen LogP contribution in [0.15, 0.2) is 188 Å². The Labute approximate surface area is 284 Å². The molecule has 0 aliphatic heterocycles. The monoisotopic (exact) mass is 629 g/mol. The molecule has 0 bridgehead atoms. The summed E-state index contributed by atoms with van der Waals surface area (Å²) in [5.74, 6) is 0. The van der Waals surface area contributed by atoms with Gasteiger partial charge in [-0.3, -0.25) is 0 Å². The second-order valence-electron chi connectivity index (χ2n) is 12.1. The first-order valence-electron chi connectivity index (χ1n) is 16.4. The molecule has 8 aromatic carbocycles. The normalized spacial score (nSPS) is 11.3. The first kappa shape index (κ1) is 28.3. The number of hydrogen-bond acceptors (Lipinski definition) is 2. The zero-order valence-corrected chi connectivity index (χ0v) is 27.1. The average Bonchev–Trinajstić information content (AvgIpc) is 3.58. The highest BCUT2D eigenvalue weighted by molar-refractivity contribution is 7.24. The molecule has 0 unspecified atom stereocenters. The van der Waals surface area contributed by atoms with E-state index in [1.807, 2.05) is 11.3 Å². The molecule has 9 rings (SSSR count). The Morgan fingerprint density at radius 3 is 1.46 bits per heavy atom. The highest BCUT2D eigenvalue weighted by Gasteiger charge is 2.21. The van der Waals surface area contributed by atoms with Gasteiger partial charge in [-0.15, -0.1) is 11.3 Å². The lowest BCUT2D eigenvalue weighted by atomic mass is 9.91. The van der Waals surface area contributed by atoms with Crippen LogP contribution in [0.4, 0.5) is 17.1 Å². The van der Waals surface area contributed by atoms with Crippen LogP contribution in [0.2, 0.25) is 0 Å². The van der Waals surface area contributed by atoms with Gasteiger partial charge in [0.05, 0.1) is 0 Å². The molecule has 0 aliphatic rings. The smallest absolute Gasteiger partial charge is 0.0462 e. The molecular weight excluding hydrogens is 599 g/mol. The lowest BCUT2D eigenvalue weighted by Crippen LogP contribution is -2.09. The van der Waals surface area contributed by atoms with Crippen molar-refractivity contribution in [3.63, 3.8) is 0 Å². The average molecular weight is 630 g/mol. The van der Waals surface area contributed by atoms with Gasteiger partial charge in [0.1, 0.15) is 0 Å². The molecule has 0 N–H and O–H groups in total. The number of nitrogens with zero attached hydrogens (tertiary/aromatic N) is 1. The number of anilines is 3. The van der Waals surface area contributed by atoms with Gasteiger partial charge in [-0.1, -0.05) is 146 Å². The first-order chi connectivity index (χ1) is 23.8. The number of thiophene rings is 1. The van der Waals surface area contributed by atoms with Crippen LogP contribution in [-0.4, -0.2) is 0 Å². The van der Waals surface area contributed by atoms with Crippen LogP contribution >= 0.6 is 11.3 Å². The Balaban J connectivity index is 1.22. The van der Waals surface area contributed by atoms with Crippen LogP contribution in [0.3, 0.4) is 0 Å². The van der Waals surface area contributed by atoms with Crippen molar-refractivity contribution < 1.29 is 0 Å². The summed E-state index contributed by atoms with van der Waals surface area (Å²) in [6.07, 6.45) is 0. The van der Waals surface area contributed by atoms with Crippen molar-refractivity contribution in [3.8, 4) is 32.7 Å². The number of para-hydroxylation sites is 2. The highest BCUT2D eigenvalue weighted by Crippen LogP contribution is 2.50. The lowest BCUT2D eigenvalue weighted by molar-refractivity contribution is 1.28. The van der Waals surface area contributed by atoms with Crippen molar-refractivity contribution in [2.24, 2.45) is 0 Å². The fourth-order valence-electron chi connectivity index (χ4n) is 7.04. The third-order valence-electron chi connectivity index (χ3n) is 9.25. The predicted octanol–water partition coefficient (Wildman–Crippen LogP) is 13.7. The molecule has 48 heavy (non-hydrogen) atoms. The molecular formula is C46H31NS. The van der Waals surface area contributed by atoms with Crippen molar-refractivity contribution >= 4 is 60.0 Å². The molecule has 0 saturated carbocycles. The predicted molar refractivity (Wildman–Crippen MR) is 208 cm³/mol. The van der Waals surface area contributed by atoms with Crippen LogP contribution in [-0.2, 0) is 0 Å². The minimum atomic E-state index is 1.13. The third-order valence-corrected chi connectivity index (χ3v) is 10.5. The summed E-state index contributed by atoms with van der Waals surface area (Å²) in [6.45, 7) is 0. The summed E-state index contributed by atoms with van der Waals surface area (Å²) < 4.78 is 1.34. The summed E-state index contributed by atoms with van der Waals surface area (Å²) in [5.41, 5.74) is 9.65. The van der Waals surface area contributed by atoms with E-state index in [4.69, 9.17) is 0 Å². The summed E-state index contributed by atoms with van der Waals surface area (Å²) in [6, 6.07) is 67.8. The molecule has 0 spiro atoms. The SMILES string of the molecule is c1ccc(-c2sc3c4ccc(-c5ccc(N(c6ccccc6)c6ccccc6)cc5)cc4c4ccccc4c3c2-c2ccccc2)cc1. The van der Waals surface area contributed by atoms with Gasteiger partial charge in [0.2, 0.25) is 0 Å². The molecule has 9 aromatic rings. The molecule has 2 heteroatoms. The standard InChI is InChI=1S/C46H31NS/c1-5-15-33(16-6-1)43-44-40-24-14-13-23-39(40)42-31-35(27-30-41(42)46(44)48-45(43)34-17-7-2-8-18-34)32-25-28-38(29-26-32)47(36-19-9-3-10-20-36)37-21-11-4-12-22-37/h1-31H. The van der Waals surface area contributed by atoms with Crippen molar-refractivity contribution in [1.82, 2.24) is 0 Å². The summed E-state index contributed by atoms with van der Waals surface area (Å²) in [7, 11) is 0. The van der Waals surface area contributed by atoms with E-state index in [1.54, 1.807) is 0 Å². The molecule has 0 aliphatic carbocycles. The third kappa shape index (κ3) is 4.86. The summed E-state index contributed by atoms with van der Waals surface area (Å²) in [5, 5.41) is 6.51. The molecule has 1 heterocycles. The van der Waals surface area contributed by atoms with E-state index in [0.29, 0.717) is 0 Å². The van der Waals surface area contributed by atoms with E-state index in [1.165, 1.54) is 64.3 Å². The van der Waals surface area contributed by atoms with Crippen molar-refractivity contribution in [3.05, 3.63) is 188 Å². The van der Waals surface area contributed by atoms with E-state index in [2.05, 4.69) is 193 Å². The minimum absolute atomic E-state index is 1.13. The van der Waals surface area contributed by atoms with Crippen LogP contribution in [0.5, 0.6) is 0 Å². The van der Waals surface area contributed by atoms with Gasteiger partial charge in [-0.2, -0.15) is 0 Å². The van der Waals surface area contributed by atoms with E-state index >= 15 is 0 Å². The van der Waals surface area contributed by atoms with Gasteiger partial charge >= 0.3 is 0 Å². The molecule has 0 amide bonds. The fraction of sp³-hybridized carbons (Fsp3) is 0. The van der Waals surface area contributed by atoms with E-state index < -0.39 is 0 Å². The van der Waals surface area contributed by atoms with Crippen molar-refractivity contribution in [1.29, 1.82) is 0 Å². The largest absolute Gasteiger partial charge is 0.311 e. The van der Waals surface area contributed by atoms with Crippen molar-refractivity contribution in [2.45, 2.75) is 0 Å². The van der Waals surface area contributed by atoms with Crippen LogP contribution in [0.25, 0.3) is 64.3 Å². The Kier molecular flexibility index (Phi) is 7.07. The molecule has 226 valence electrons. The molecule has 0 radical (unpaired) electrons. The van der Waals surface area contributed by atoms with Crippen LogP contribution in [0, 0.1) is 0 Å². The zero-order valence-electron chi connectivity index (χ0n) is 26.3. The van der Waals surface area contributed by atoms with Gasteiger partial charge in [-0.05, 0) is 80.9 Å². The maximum absolute atomic E-state index is 2.39. The van der Waals surface area contributed by atoms with Gasteiger partial charge < -0.3 is 4.90 Å². The molecule has 0 atom stereocenters. The topological polar surface area (TPSA) is 3.24 Å². The number of fused-ring (bicyclic) bond motifs is 6. The molecule has 1 nitrogen and oxygen atoms in total. The Morgan fingerprint density at radius 2 is 0.833 bits per heavy atom. The van der Waals surface area contributed by atoms with Crippen LogP contribution < -0.4 is 4.90 Å². The Bertz CT molecular complexity index is 2480. The van der Waals surface area contributed by atoms with Gasteiger partial charge in [-0.25, -0.2) is 0 Å². The Hall–Kier alpha value is -5.96. The van der Waals surface area contributed by atoms with Gasteiger partial charge in [0.25, 0.3) is 0 Å². The van der Waals surface area contributed by atoms with E-state index in [9.17, 15) is 0 Å². The second-order valence-corrected chi connectivity index (χ2v) is 13.1. The van der Waals surface area contributed by atoms with E-state index in [-0.39, 0.29) is 0 Å². The minimum Gasteiger partial charge on any atom is -0.311 e. The molecule has 0 fully saturated rings. The van der Waals surface area contributed by atoms with Gasteiger partial charge in [0.15, 0.2) is 0 Å². The first-order valence-corrected chi connectivity index (χ1v) is 17.2. The van der Waals surface area contributed by atoms with Crippen LogP contribution in [0.1, 0.15) is 0 Å². The van der Waals surface area contributed by atoms with Crippen molar-refractivity contribution in [2.75, 3.05) is 4.90 Å². The zero-order chi connectivity index (χ0) is 31.9. The van der Waals surface area contributed by atoms with Gasteiger partial charge in [0, 0.05) is 43.0 Å². The number of rotatable bonds is 6. The number of benzene rings is 8. The highest BCUT2D eigenvalue weighted by atomic mass is 32.1. The quantitative estimate of drug-likeness (QED) is 0.165. The molecule has 0 saturated heterocycles. The Morgan fingerprint density at radius 1 is 0.333 bits per heavy atom.